The van der Waals surface area contributed by atoms with E-state index in [0.29, 0.717) is 18.0 Å². The molecule has 3 aliphatic rings. The molecule has 0 aromatic carbocycles. The Bertz CT molecular complexity index is 792. The van der Waals surface area contributed by atoms with Gasteiger partial charge in [0.25, 0.3) is 5.91 Å². The minimum absolute atomic E-state index is 0.104. The zero-order valence-corrected chi connectivity index (χ0v) is 15.8. The van der Waals surface area contributed by atoms with Crippen LogP contribution in [0.3, 0.4) is 0 Å². The number of rotatable bonds is 4. The van der Waals surface area contributed by atoms with Gasteiger partial charge in [0, 0.05) is 23.0 Å². The Hall–Kier alpha value is -2.11. The predicted molar refractivity (Wildman–Crippen MR) is 97.1 cm³/mol. The van der Waals surface area contributed by atoms with Crippen molar-refractivity contribution >= 4 is 17.7 Å². The quantitative estimate of drug-likeness (QED) is 0.665. The van der Waals surface area contributed by atoms with Crippen molar-refractivity contribution in [2.45, 2.75) is 70.9 Å². The standard InChI is InChI=1S/C20H27N3O3/c1-12-6-4-5-9-20(12)18(25)22(19(26)21-20)11-17(24)16-10-13(2)23(14(16)3)15-7-8-15/h10,12,15H,4-9,11H2,1-3H3,(H,21,26). The normalized spacial score (nSPS) is 28.7. The van der Waals surface area contributed by atoms with Crippen molar-refractivity contribution in [3.05, 3.63) is 23.0 Å². The second-order valence-corrected chi connectivity index (χ2v) is 8.25. The van der Waals surface area contributed by atoms with Crippen LogP contribution in [0.2, 0.25) is 0 Å². The molecule has 1 aliphatic heterocycles. The van der Waals surface area contributed by atoms with Crippen molar-refractivity contribution in [2.24, 2.45) is 5.92 Å². The third kappa shape index (κ3) is 2.49. The number of nitrogens with zero attached hydrogens (tertiary/aromatic N) is 2. The summed E-state index contributed by atoms with van der Waals surface area (Å²) in [4.78, 5) is 39.5. The summed E-state index contributed by atoms with van der Waals surface area (Å²) in [6.07, 6.45) is 5.91. The van der Waals surface area contributed by atoms with Gasteiger partial charge in [0.05, 0.1) is 6.54 Å². The van der Waals surface area contributed by atoms with Crippen LogP contribution in [0.1, 0.15) is 73.2 Å². The Morgan fingerprint density at radius 1 is 1.23 bits per heavy atom. The number of hydrogen-bond acceptors (Lipinski definition) is 3. The van der Waals surface area contributed by atoms with Crippen molar-refractivity contribution in [3.8, 4) is 0 Å². The molecule has 140 valence electrons. The second-order valence-electron chi connectivity index (χ2n) is 8.25. The molecule has 2 heterocycles. The molecule has 1 saturated heterocycles. The maximum absolute atomic E-state index is 13.0. The van der Waals surface area contributed by atoms with Crippen LogP contribution in [-0.4, -0.2) is 39.3 Å². The third-order valence-corrected chi connectivity index (χ3v) is 6.50. The Labute approximate surface area is 153 Å². The van der Waals surface area contributed by atoms with Crippen LogP contribution >= 0.6 is 0 Å². The van der Waals surface area contributed by atoms with Gasteiger partial charge in [0.2, 0.25) is 0 Å². The van der Waals surface area contributed by atoms with Gasteiger partial charge in [-0.3, -0.25) is 14.5 Å². The Balaban J connectivity index is 1.56. The molecule has 2 saturated carbocycles. The van der Waals surface area contributed by atoms with Crippen LogP contribution in [0.15, 0.2) is 6.07 Å². The van der Waals surface area contributed by atoms with Crippen LogP contribution in [-0.2, 0) is 4.79 Å². The van der Waals surface area contributed by atoms with Gasteiger partial charge >= 0.3 is 6.03 Å². The summed E-state index contributed by atoms with van der Waals surface area (Å²) in [6, 6.07) is 1.97. The zero-order valence-electron chi connectivity index (χ0n) is 15.8. The summed E-state index contributed by atoms with van der Waals surface area (Å²) < 4.78 is 2.21. The molecule has 26 heavy (non-hydrogen) atoms. The van der Waals surface area contributed by atoms with Gasteiger partial charge in [-0.2, -0.15) is 0 Å². The van der Waals surface area contributed by atoms with E-state index in [1.807, 2.05) is 26.8 Å². The highest BCUT2D eigenvalue weighted by Gasteiger charge is 2.55. The van der Waals surface area contributed by atoms with Crippen LogP contribution in [0.5, 0.6) is 0 Å². The summed E-state index contributed by atoms with van der Waals surface area (Å²) >= 11 is 0. The van der Waals surface area contributed by atoms with Gasteiger partial charge in [0.1, 0.15) is 5.54 Å². The maximum atomic E-state index is 13.0. The molecule has 2 aliphatic carbocycles. The van der Waals surface area contributed by atoms with Crippen LogP contribution < -0.4 is 5.32 Å². The van der Waals surface area contributed by atoms with Gasteiger partial charge in [-0.1, -0.05) is 19.8 Å². The number of Topliss-reactive ketones (excluding diaryl/α,β-unsaturated/α-hetero) is 1. The number of amides is 3. The van der Waals surface area contributed by atoms with Crippen molar-refractivity contribution in [2.75, 3.05) is 6.54 Å². The van der Waals surface area contributed by atoms with Crippen molar-refractivity contribution in [1.29, 1.82) is 0 Å². The van der Waals surface area contributed by atoms with E-state index in [1.54, 1.807) is 0 Å². The highest BCUT2D eigenvalue weighted by molar-refractivity contribution is 6.11. The Morgan fingerprint density at radius 3 is 2.62 bits per heavy atom. The van der Waals surface area contributed by atoms with E-state index in [4.69, 9.17) is 0 Å². The Kier molecular flexibility index (Phi) is 3.97. The summed E-state index contributed by atoms with van der Waals surface area (Å²) in [5, 5.41) is 2.92. The molecule has 2 atom stereocenters. The van der Waals surface area contributed by atoms with Crippen molar-refractivity contribution in [3.63, 3.8) is 0 Å². The van der Waals surface area contributed by atoms with Crippen LogP contribution in [0.4, 0.5) is 4.79 Å². The molecule has 4 rings (SSSR count). The number of aromatic nitrogens is 1. The molecule has 3 amide bonds. The minimum atomic E-state index is -0.805. The summed E-state index contributed by atoms with van der Waals surface area (Å²) in [5.41, 5.74) is 1.85. The van der Waals surface area contributed by atoms with E-state index in [0.717, 1.165) is 48.4 Å². The number of carbonyl (C=O) groups is 3. The van der Waals surface area contributed by atoms with Gasteiger partial charge in [-0.25, -0.2) is 4.79 Å². The molecule has 2 unspecified atom stereocenters. The number of hydrogen-bond donors (Lipinski definition) is 1. The zero-order chi connectivity index (χ0) is 18.6. The Morgan fingerprint density at radius 2 is 1.96 bits per heavy atom. The first kappa shape index (κ1) is 17.3. The molecule has 1 aromatic rings. The fourth-order valence-electron chi connectivity index (χ4n) is 4.82. The average molecular weight is 357 g/mol. The first-order valence-electron chi connectivity index (χ1n) is 9.71. The average Bonchev–Trinajstić information content (AvgIpc) is 3.34. The van der Waals surface area contributed by atoms with E-state index in [9.17, 15) is 14.4 Å². The topological polar surface area (TPSA) is 71.4 Å². The molecular formula is C20H27N3O3. The summed E-state index contributed by atoms with van der Waals surface area (Å²) in [7, 11) is 0. The molecular weight excluding hydrogens is 330 g/mol. The van der Waals surface area contributed by atoms with Gasteiger partial charge in [-0.05, 0) is 51.5 Å². The van der Waals surface area contributed by atoms with Gasteiger partial charge in [0.15, 0.2) is 5.78 Å². The number of imide groups is 1. The first-order valence-corrected chi connectivity index (χ1v) is 9.71. The predicted octanol–water partition coefficient (Wildman–Crippen LogP) is 3.12. The van der Waals surface area contributed by atoms with Crippen molar-refractivity contribution in [1.82, 2.24) is 14.8 Å². The van der Waals surface area contributed by atoms with Gasteiger partial charge < -0.3 is 9.88 Å². The molecule has 6 nitrogen and oxygen atoms in total. The molecule has 3 fully saturated rings. The smallest absolute Gasteiger partial charge is 0.325 e. The highest BCUT2D eigenvalue weighted by Crippen LogP contribution is 2.39. The molecule has 1 N–H and O–H groups in total. The van der Waals surface area contributed by atoms with Crippen LogP contribution in [0, 0.1) is 19.8 Å². The number of urea groups is 1. The lowest BCUT2D eigenvalue weighted by atomic mass is 9.73. The SMILES string of the molecule is Cc1cc(C(=O)CN2C(=O)NC3(CCCCC3C)C2=O)c(C)n1C1CC1. The minimum Gasteiger partial charge on any atom is -0.345 e. The monoisotopic (exact) mass is 357 g/mol. The van der Waals surface area contributed by atoms with E-state index < -0.39 is 11.6 Å². The fraction of sp³-hybridized carbons (Fsp3) is 0.650. The second kappa shape index (κ2) is 5.96. The number of nitrogens with one attached hydrogen (secondary N) is 1. The van der Waals surface area contributed by atoms with E-state index >= 15 is 0 Å². The number of carbonyl (C=O) groups excluding carboxylic acids is 3. The molecule has 0 bridgehead atoms. The number of aryl methyl sites for hydroxylation is 1. The first-order chi connectivity index (χ1) is 12.3. The molecule has 1 aromatic heterocycles. The van der Waals surface area contributed by atoms with E-state index in [1.165, 1.54) is 0 Å². The van der Waals surface area contributed by atoms with E-state index in [2.05, 4.69) is 9.88 Å². The molecule has 1 spiro atoms. The van der Waals surface area contributed by atoms with Crippen molar-refractivity contribution < 1.29 is 14.4 Å². The van der Waals surface area contributed by atoms with Gasteiger partial charge in [-0.15, -0.1) is 0 Å². The third-order valence-electron chi connectivity index (χ3n) is 6.50. The lowest BCUT2D eigenvalue weighted by molar-refractivity contribution is -0.133. The van der Waals surface area contributed by atoms with Crippen LogP contribution in [0.25, 0.3) is 0 Å². The molecule has 6 heteroatoms. The maximum Gasteiger partial charge on any atom is 0.325 e. The van der Waals surface area contributed by atoms with E-state index in [-0.39, 0.29) is 24.2 Å². The summed E-state index contributed by atoms with van der Waals surface area (Å²) in [5.74, 6) is -0.277. The molecule has 0 radical (unpaired) electrons. The lowest BCUT2D eigenvalue weighted by Crippen LogP contribution is -2.54. The largest absolute Gasteiger partial charge is 0.345 e. The lowest BCUT2D eigenvalue weighted by Gasteiger charge is -2.36. The highest BCUT2D eigenvalue weighted by atomic mass is 16.2. The number of ketones is 1. The summed E-state index contributed by atoms with van der Waals surface area (Å²) in [6.45, 7) is 5.81. The fourth-order valence-corrected chi connectivity index (χ4v) is 4.82.